The normalized spacial score (nSPS) is 17.1. The number of thiazole rings is 1. The molecule has 1 unspecified atom stereocenters. The lowest BCUT2D eigenvalue weighted by molar-refractivity contribution is -0.0237. The lowest BCUT2D eigenvalue weighted by Crippen LogP contribution is -2.42. The van der Waals surface area contributed by atoms with Crippen LogP contribution >= 0.6 is 11.3 Å². The van der Waals surface area contributed by atoms with Gasteiger partial charge < -0.3 is 14.1 Å². The summed E-state index contributed by atoms with van der Waals surface area (Å²) in [5.74, 6) is 0.844. The molecule has 1 atom stereocenters. The highest BCUT2D eigenvalue weighted by Crippen LogP contribution is 2.32. The van der Waals surface area contributed by atoms with Crippen LogP contribution in [0.25, 0.3) is 21.0 Å². The fourth-order valence-corrected chi connectivity index (χ4v) is 4.33. The monoisotopic (exact) mass is 390 g/mol. The van der Waals surface area contributed by atoms with Gasteiger partial charge in [-0.15, -0.1) is 11.3 Å². The molecule has 2 aromatic heterocycles. The van der Waals surface area contributed by atoms with Gasteiger partial charge in [0.2, 0.25) is 0 Å². The van der Waals surface area contributed by atoms with Gasteiger partial charge in [-0.3, -0.25) is 4.79 Å². The maximum absolute atomic E-state index is 13.0. The zero-order chi connectivity index (χ0) is 18.9. The Balaban J connectivity index is 1.35. The van der Waals surface area contributed by atoms with Gasteiger partial charge in [-0.1, -0.05) is 42.5 Å². The van der Waals surface area contributed by atoms with Gasteiger partial charge >= 0.3 is 0 Å². The smallest absolute Gasteiger partial charge is 0.289 e. The molecule has 0 spiro atoms. The van der Waals surface area contributed by atoms with E-state index in [1.165, 1.54) is 0 Å². The van der Waals surface area contributed by atoms with Crippen molar-refractivity contribution in [3.8, 4) is 10.8 Å². The molecule has 1 aliphatic rings. The molecule has 3 heterocycles. The summed E-state index contributed by atoms with van der Waals surface area (Å²) in [7, 11) is 0. The number of amides is 1. The highest BCUT2D eigenvalue weighted by Gasteiger charge is 2.28. The van der Waals surface area contributed by atoms with Crippen molar-refractivity contribution in [3.63, 3.8) is 0 Å². The Morgan fingerprint density at radius 1 is 1.04 bits per heavy atom. The molecule has 140 valence electrons. The molecule has 0 radical (unpaired) electrons. The van der Waals surface area contributed by atoms with Crippen molar-refractivity contribution < 1.29 is 13.9 Å². The molecule has 0 bridgehead atoms. The molecule has 1 saturated heterocycles. The van der Waals surface area contributed by atoms with Crippen molar-refractivity contribution >= 4 is 27.5 Å². The van der Waals surface area contributed by atoms with E-state index in [0.717, 1.165) is 20.8 Å². The lowest BCUT2D eigenvalue weighted by Gasteiger charge is -2.32. The Kier molecular flexibility index (Phi) is 4.43. The van der Waals surface area contributed by atoms with E-state index in [-0.39, 0.29) is 12.0 Å². The van der Waals surface area contributed by atoms with Crippen molar-refractivity contribution in [2.45, 2.75) is 6.10 Å². The maximum Gasteiger partial charge on any atom is 0.289 e. The summed E-state index contributed by atoms with van der Waals surface area (Å²) >= 11 is 1.56. The molecule has 1 aliphatic heterocycles. The predicted molar refractivity (Wildman–Crippen MR) is 108 cm³/mol. The third kappa shape index (κ3) is 3.21. The summed E-state index contributed by atoms with van der Waals surface area (Å²) < 4.78 is 12.8. The first-order valence-corrected chi connectivity index (χ1v) is 10.0. The minimum Gasteiger partial charge on any atom is -0.448 e. The third-order valence-corrected chi connectivity index (χ3v) is 5.90. The van der Waals surface area contributed by atoms with Crippen molar-refractivity contribution in [1.29, 1.82) is 0 Å². The number of hydrogen-bond donors (Lipinski definition) is 0. The summed E-state index contributed by atoms with van der Waals surface area (Å²) in [6.07, 6.45) is -0.113. The van der Waals surface area contributed by atoms with Crippen LogP contribution in [0.15, 0.2) is 71.1 Å². The molecular weight excluding hydrogens is 372 g/mol. The van der Waals surface area contributed by atoms with Gasteiger partial charge in [0.05, 0.1) is 23.4 Å². The average Bonchev–Trinajstić information content (AvgIpc) is 3.41. The summed E-state index contributed by atoms with van der Waals surface area (Å²) in [5, 5.41) is 0.782. The number of fused-ring (bicyclic) bond motifs is 1. The van der Waals surface area contributed by atoms with Crippen LogP contribution < -0.4 is 0 Å². The zero-order valence-corrected chi connectivity index (χ0v) is 15.9. The van der Waals surface area contributed by atoms with E-state index in [4.69, 9.17) is 9.15 Å². The second-order valence-corrected chi connectivity index (χ2v) is 7.70. The van der Waals surface area contributed by atoms with Crippen LogP contribution in [0.4, 0.5) is 0 Å². The number of para-hydroxylation sites is 1. The number of morpholine rings is 1. The molecule has 5 rings (SSSR count). The number of furan rings is 1. The molecule has 28 heavy (non-hydrogen) atoms. The van der Waals surface area contributed by atoms with E-state index in [0.29, 0.717) is 31.2 Å². The molecule has 0 aliphatic carbocycles. The Morgan fingerprint density at radius 2 is 1.86 bits per heavy atom. The largest absolute Gasteiger partial charge is 0.448 e. The molecule has 0 N–H and O–H groups in total. The van der Waals surface area contributed by atoms with Gasteiger partial charge in [0.15, 0.2) is 16.5 Å². The third-order valence-electron chi connectivity index (χ3n) is 4.85. The number of rotatable bonds is 3. The van der Waals surface area contributed by atoms with Crippen molar-refractivity contribution in [1.82, 2.24) is 9.88 Å². The van der Waals surface area contributed by atoms with E-state index in [2.05, 4.69) is 4.98 Å². The Labute approximate surface area is 166 Å². The molecule has 2 aromatic carbocycles. The number of benzene rings is 2. The topological polar surface area (TPSA) is 55.6 Å². The highest BCUT2D eigenvalue weighted by molar-refractivity contribution is 7.21. The number of hydrogen-bond acceptors (Lipinski definition) is 5. The zero-order valence-electron chi connectivity index (χ0n) is 15.1. The summed E-state index contributed by atoms with van der Waals surface area (Å²) in [6, 6.07) is 21.5. The van der Waals surface area contributed by atoms with Crippen molar-refractivity contribution in [3.05, 3.63) is 78.1 Å². The predicted octanol–water partition coefficient (Wildman–Crippen LogP) is 4.77. The number of aromatic nitrogens is 1. The van der Waals surface area contributed by atoms with Crippen LogP contribution in [0, 0.1) is 0 Å². The summed E-state index contributed by atoms with van der Waals surface area (Å²) in [4.78, 5) is 19.3. The fraction of sp³-hybridized carbons (Fsp3) is 0.182. The van der Waals surface area contributed by atoms with Gasteiger partial charge in [-0.25, -0.2) is 4.98 Å². The second-order valence-electron chi connectivity index (χ2n) is 6.67. The Bertz CT molecular complexity index is 1090. The van der Waals surface area contributed by atoms with Gasteiger partial charge in [0.25, 0.3) is 5.91 Å². The van der Waals surface area contributed by atoms with Crippen molar-refractivity contribution in [2.75, 3.05) is 19.7 Å². The number of carbonyl (C=O) groups excluding carboxylic acids is 1. The quantitative estimate of drug-likeness (QED) is 0.506. The molecule has 5 nitrogen and oxygen atoms in total. The Morgan fingerprint density at radius 3 is 2.71 bits per heavy atom. The fourth-order valence-electron chi connectivity index (χ4n) is 3.40. The summed E-state index contributed by atoms with van der Waals surface area (Å²) in [5.41, 5.74) is 2.01. The SMILES string of the molecule is O=C(c1ccc(-c2nc3ccccc3s2)o1)N1CCOC(c2ccccc2)C1. The minimum atomic E-state index is -0.114. The van der Waals surface area contributed by atoms with Gasteiger partial charge in [0, 0.05) is 6.54 Å². The van der Waals surface area contributed by atoms with Crippen LogP contribution in [0.2, 0.25) is 0 Å². The van der Waals surface area contributed by atoms with E-state index >= 15 is 0 Å². The molecule has 1 fully saturated rings. The second kappa shape index (κ2) is 7.22. The van der Waals surface area contributed by atoms with Crippen LogP contribution in [0.1, 0.15) is 22.2 Å². The van der Waals surface area contributed by atoms with E-state index in [1.54, 1.807) is 22.3 Å². The van der Waals surface area contributed by atoms with E-state index in [9.17, 15) is 4.79 Å². The molecule has 6 heteroatoms. The molecular formula is C22H18N2O3S. The van der Waals surface area contributed by atoms with Crippen LogP contribution in [0.3, 0.4) is 0 Å². The first-order chi connectivity index (χ1) is 13.8. The first kappa shape index (κ1) is 17.2. The standard InChI is InChI=1S/C22H18N2O3S/c25-22(24-12-13-26-19(14-24)15-6-2-1-3-7-15)18-11-10-17(27-18)21-23-16-8-4-5-9-20(16)28-21/h1-11,19H,12-14H2. The minimum absolute atomic E-state index is 0.113. The van der Waals surface area contributed by atoms with Gasteiger partial charge in [0.1, 0.15) is 6.10 Å². The average molecular weight is 390 g/mol. The molecule has 4 aromatic rings. The number of ether oxygens (including phenoxy) is 1. The molecule has 0 saturated carbocycles. The lowest BCUT2D eigenvalue weighted by atomic mass is 10.1. The van der Waals surface area contributed by atoms with Crippen molar-refractivity contribution in [2.24, 2.45) is 0 Å². The van der Waals surface area contributed by atoms with E-state index < -0.39 is 0 Å². The number of carbonyl (C=O) groups is 1. The summed E-state index contributed by atoms with van der Waals surface area (Å²) in [6.45, 7) is 1.58. The van der Waals surface area contributed by atoms with Gasteiger partial charge in [-0.2, -0.15) is 0 Å². The molecule has 1 amide bonds. The Hall–Kier alpha value is -2.96. The number of nitrogens with zero attached hydrogens (tertiary/aromatic N) is 2. The first-order valence-electron chi connectivity index (χ1n) is 9.19. The van der Waals surface area contributed by atoms with E-state index in [1.807, 2.05) is 60.7 Å². The van der Waals surface area contributed by atoms with Crippen LogP contribution in [0.5, 0.6) is 0 Å². The van der Waals surface area contributed by atoms with Crippen LogP contribution in [-0.4, -0.2) is 35.5 Å². The van der Waals surface area contributed by atoms with Crippen LogP contribution in [-0.2, 0) is 4.74 Å². The maximum atomic E-state index is 13.0. The van der Waals surface area contributed by atoms with Gasteiger partial charge in [-0.05, 0) is 29.8 Å². The highest BCUT2D eigenvalue weighted by atomic mass is 32.1.